The molecule has 0 heterocycles. The van der Waals surface area contributed by atoms with E-state index in [1.54, 1.807) is 0 Å². The van der Waals surface area contributed by atoms with Gasteiger partial charge in [-0.15, -0.1) is 0 Å². The van der Waals surface area contributed by atoms with Crippen molar-refractivity contribution in [1.29, 1.82) is 0 Å². The van der Waals surface area contributed by atoms with E-state index in [9.17, 15) is 0 Å². The van der Waals surface area contributed by atoms with Crippen molar-refractivity contribution in [3.8, 4) is 33.4 Å². The van der Waals surface area contributed by atoms with Crippen LogP contribution in [0.25, 0.3) is 44.2 Å². The summed E-state index contributed by atoms with van der Waals surface area (Å²) in [6, 6.07) is 59.6. The first-order valence-corrected chi connectivity index (χ1v) is 15.4. The van der Waals surface area contributed by atoms with E-state index in [0.29, 0.717) is 0 Å². The first-order valence-electron chi connectivity index (χ1n) is 15.4. The van der Waals surface area contributed by atoms with E-state index in [0.717, 1.165) is 11.4 Å². The molecular weight excluding hydrogens is 695 g/mol. The van der Waals surface area contributed by atoms with Gasteiger partial charge in [-0.05, 0) is 86.3 Å². The molecule has 0 saturated carbocycles. The van der Waals surface area contributed by atoms with E-state index in [1.807, 2.05) is 0 Å². The van der Waals surface area contributed by atoms with Crippen LogP contribution in [0.15, 0.2) is 164 Å². The second-order valence-corrected chi connectivity index (χ2v) is 12.2. The Balaban J connectivity index is 0.00000130. The summed E-state index contributed by atoms with van der Waals surface area (Å²) in [6.07, 6.45) is 0. The fraction of sp³-hybridized carbons (Fsp3) is 0.0682. The van der Waals surface area contributed by atoms with Crippen LogP contribution in [0.3, 0.4) is 0 Å². The van der Waals surface area contributed by atoms with Gasteiger partial charge < -0.3 is 12.3 Å². The summed E-state index contributed by atoms with van der Waals surface area (Å²) in [5.41, 5.74) is 13.7. The average molecular weight is 734 g/mol. The van der Waals surface area contributed by atoms with E-state index in [2.05, 4.69) is 183 Å². The molecule has 0 fully saturated rings. The van der Waals surface area contributed by atoms with E-state index >= 15 is 0 Å². The van der Waals surface area contributed by atoms with Gasteiger partial charge >= 0.3 is 0 Å². The molecule has 7 aromatic carbocycles. The minimum absolute atomic E-state index is 0. The zero-order chi connectivity index (χ0) is 29.7. The largest absolute Gasteiger partial charge is 0.358 e. The van der Waals surface area contributed by atoms with Crippen LogP contribution in [0.4, 0.5) is 17.1 Å². The van der Waals surface area contributed by atoms with Crippen LogP contribution >= 0.6 is 0 Å². The molecule has 0 amide bonds. The molecule has 4 heteroatoms. The number of hydrogen-bond donors (Lipinski definition) is 0. The average Bonchev–Trinajstić information content (AvgIpc) is 3.31. The predicted octanol–water partition coefficient (Wildman–Crippen LogP) is 12.6. The van der Waals surface area contributed by atoms with Gasteiger partial charge in [-0.2, -0.15) is 0 Å². The van der Waals surface area contributed by atoms with Gasteiger partial charge in [0.2, 0.25) is 0 Å². The Bertz CT molecular complexity index is 2140. The van der Waals surface area contributed by atoms with E-state index in [1.165, 1.54) is 61.0 Å². The van der Waals surface area contributed by atoms with E-state index in [-0.39, 0.29) is 69.9 Å². The van der Waals surface area contributed by atoms with Gasteiger partial charge in [0, 0.05) is 79.3 Å². The standard InChI is InChI=1S/C43H33N.CH3.3V.H2/c1-43(2)40-28-34(31-14-7-4-8-15-31)22-26-38(40)39-27-25-36(29-41(39)43)44(42-19-11-17-33-16-9-10-18-37(33)42)35-23-20-32(21-24-35)30-12-5-3-6-13-30;;;;;/h3-29H,1-2H3;1H3;;;;1H/q;-1;;;;. The molecule has 0 N–H and O–H groups in total. The number of hydrogen-bond acceptors (Lipinski definition) is 1. The maximum Gasteiger partial charge on any atom is 0.0540 e. The third-order valence-electron chi connectivity index (χ3n) is 9.27. The summed E-state index contributed by atoms with van der Waals surface area (Å²) < 4.78 is 0. The van der Waals surface area contributed by atoms with Crippen molar-refractivity contribution in [2.45, 2.75) is 19.3 Å². The van der Waals surface area contributed by atoms with E-state index < -0.39 is 0 Å². The van der Waals surface area contributed by atoms with Crippen LogP contribution in [-0.4, -0.2) is 0 Å². The van der Waals surface area contributed by atoms with Gasteiger partial charge in [0.15, 0.2) is 0 Å². The van der Waals surface area contributed by atoms with Crippen LogP contribution < -0.4 is 4.90 Å². The smallest absolute Gasteiger partial charge is 0.0540 e. The quantitative estimate of drug-likeness (QED) is 0.159. The normalized spacial score (nSPS) is 11.9. The van der Waals surface area contributed by atoms with Crippen LogP contribution in [0.5, 0.6) is 0 Å². The van der Waals surface area contributed by atoms with Crippen LogP contribution in [0.1, 0.15) is 26.4 Å². The fourth-order valence-corrected chi connectivity index (χ4v) is 6.94. The Morgan fingerprint density at radius 3 is 1.58 bits per heavy atom. The third kappa shape index (κ3) is 6.53. The molecule has 0 bridgehead atoms. The number of benzene rings is 7. The molecule has 0 aromatic heterocycles. The molecule has 3 radical (unpaired) electrons. The zero-order valence-electron chi connectivity index (χ0n) is 27.4. The Kier molecular flexibility index (Phi) is 11.8. The number of rotatable bonds is 5. The molecule has 8 rings (SSSR count). The molecule has 0 spiro atoms. The molecule has 0 aliphatic heterocycles. The molecule has 7 aromatic rings. The number of anilines is 3. The molecule has 0 atom stereocenters. The van der Waals surface area contributed by atoms with Crippen molar-refractivity contribution in [2.75, 3.05) is 4.90 Å². The first-order chi connectivity index (χ1) is 21.6. The van der Waals surface area contributed by atoms with Crippen LogP contribution in [-0.2, 0) is 61.1 Å². The molecule has 0 unspecified atom stereocenters. The topological polar surface area (TPSA) is 3.24 Å². The van der Waals surface area contributed by atoms with Crippen molar-refractivity contribution in [3.05, 3.63) is 182 Å². The van der Waals surface area contributed by atoms with Crippen molar-refractivity contribution in [3.63, 3.8) is 0 Å². The van der Waals surface area contributed by atoms with Gasteiger partial charge in [0.25, 0.3) is 0 Å². The van der Waals surface area contributed by atoms with Crippen molar-refractivity contribution in [2.24, 2.45) is 0 Å². The summed E-state index contributed by atoms with van der Waals surface area (Å²) in [5.74, 6) is 0. The second kappa shape index (κ2) is 15.3. The van der Waals surface area contributed by atoms with Gasteiger partial charge in [0.1, 0.15) is 0 Å². The second-order valence-electron chi connectivity index (χ2n) is 12.2. The molecule has 1 nitrogen and oxygen atoms in total. The van der Waals surface area contributed by atoms with Gasteiger partial charge in [-0.1, -0.05) is 141 Å². The Morgan fingerprint density at radius 2 is 0.917 bits per heavy atom. The van der Waals surface area contributed by atoms with Gasteiger partial charge in [-0.25, -0.2) is 0 Å². The summed E-state index contributed by atoms with van der Waals surface area (Å²) in [6.45, 7) is 4.74. The predicted molar refractivity (Wildman–Crippen MR) is 196 cm³/mol. The van der Waals surface area contributed by atoms with E-state index in [4.69, 9.17) is 0 Å². The molecule has 1 aliphatic rings. The molecule has 0 saturated heterocycles. The maximum atomic E-state index is 2.42. The Labute approximate surface area is 322 Å². The minimum Gasteiger partial charge on any atom is -0.358 e. The summed E-state index contributed by atoms with van der Waals surface area (Å²) >= 11 is 0. The summed E-state index contributed by atoms with van der Waals surface area (Å²) in [5, 5.41) is 2.47. The monoisotopic (exact) mass is 733 g/mol. The SMILES string of the molecule is CC1(C)c2cc(-c3ccccc3)ccc2-c2ccc(N(c3ccc(-c4ccccc4)cc3)c3cccc4ccccc34)cc21.[CH3-].[HH].[V].[V].[V]. The fourth-order valence-electron chi connectivity index (χ4n) is 6.94. The molecule has 235 valence electrons. The maximum absolute atomic E-state index is 2.42. The number of fused-ring (bicyclic) bond motifs is 4. The van der Waals surface area contributed by atoms with Gasteiger partial charge in [-0.3, -0.25) is 0 Å². The first kappa shape index (κ1) is 37.2. The molecule has 1 aliphatic carbocycles. The molecular formula is C44H38NV3-. The van der Waals surface area contributed by atoms with Gasteiger partial charge in [0.05, 0.1) is 5.69 Å². The Morgan fingerprint density at radius 1 is 0.438 bits per heavy atom. The Hall–Kier alpha value is -3.65. The van der Waals surface area contributed by atoms with Crippen LogP contribution in [0.2, 0.25) is 0 Å². The number of nitrogens with zero attached hydrogens (tertiary/aromatic N) is 1. The van der Waals surface area contributed by atoms with Crippen molar-refractivity contribution < 1.29 is 57.1 Å². The molecule has 48 heavy (non-hydrogen) atoms. The minimum atomic E-state index is -0.132. The van der Waals surface area contributed by atoms with Crippen molar-refractivity contribution in [1.82, 2.24) is 0 Å². The third-order valence-corrected chi connectivity index (χ3v) is 9.27. The summed E-state index contributed by atoms with van der Waals surface area (Å²) in [4.78, 5) is 2.42. The van der Waals surface area contributed by atoms with Crippen molar-refractivity contribution >= 4 is 27.8 Å². The summed E-state index contributed by atoms with van der Waals surface area (Å²) in [7, 11) is 0. The zero-order valence-corrected chi connectivity index (χ0v) is 31.6. The van der Waals surface area contributed by atoms with Crippen LogP contribution in [0, 0.1) is 7.43 Å².